The van der Waals surface area contributed by atoms with Crippen LogP contribution in [-0.4, -0.2) is 51.4 Å². The SMILES string of the molecule is CC1(C)OB(c2ccc(C3CC4(CCN4C(=O)c4cc(Cc5n[nH]c(=O)c6ccccc56)ccc4F)C3)cc2)OC1(C)C. The normalized spacial score (nSPS) is 23.8. The Morgan fingerprint density at radius 2 is 1.67 bits per heavy atom. The molecule has 1 amide bonds. The van der Waals surface area contributed by atoms with Crippen molar-refractivity contribution in [2.75, 3.05) is 6.54 Å². The first kappa shape index (κ1) is 28.0. The maximum Gasteiger partial charge on any atom is 0.494 e. The number of hydrogen-bond acceptors (Lipinski definition) is 5. The van der Waals surface area contributed by atoms with Gasteiger partial charge in [0.25, 0.3) is 11.5 Å². The quantitative estimate of drug-likeness (QED) is 0.332. The Hall–Kier alpha value is -3.82. The first-order valence-corrected chi connectivity index (χ1v) is 15.0. The molecule has 1 spiro atoms. The van der Waals surface area contributed by atoms with Gasteiger partial charge in [0.15, 0.2) is 0 Å². The van der Waals surface area contributed by atoms with E-state index in [1.165, 1.54) is 11.6 Å². The molecule has 220 valence electrons. The van der Waals surface area contributed by atoms with Crippen molar-refractivity contribution in [3.63, 3.8) is 0 Å². The minimum atomic E-state index is -0.524. The summed E-state index contributed by atoms with van der Waals surface area (Å²) in [7, 11) is -0.393. The minimum Gasteiger partial charge on any atom is -0.399 e. The number of benzene rings is 3. The third kappa shape index (κ3) is 4.61. The van der Waals surface area contributed by atoms with E-state index in [9.17, 15) is 9.59 Å². The molecule has 1 aliphatic carbocycles. The van der Waals surface area contributed by atoms with Gasteiger partial charge >= 0.3 is 7.12 Å². The van der Waals surface area contributed by atoms with E-state index in [0.29, 0.717) is 30.0 Å². The zero-order valence-corrected chi connectivity index (χ0v) is 24.9. The van der Waals surface area contributed by atoms with Crippen molar-refractivity contribution in [3.8, 4) is 0 Å². The summed E-state index contributed by atoms with van der Waals surface area (Å²) in [4.78, 5) is 27.7. The second-order valence-corrected chi connectivity index (χ2v) is 13.3. The second kappa shape index (κ2) is 9.86. The largest absolute Gasteiger partial charge is 0.494 e. The van der Waals surface area contributed by atoms with Crippen molar-refractivity contribution in [1.82, 2.24) is 15.1 Å². The molecule has 7 rings (SSSR count). The molecule has 1 saturated carbocycles. The predicted molar refractivity (Wildman–Crippen MR) is 164 cm³/mol. The molecule has 0 unspecified atom stereocenters. The third-order valence-corrected chi connectivity index (χ3v) is 10.2. The molecule has 0 radical (unpaired) electrons. The van der Waals surface area contributed by atoms with E-state index in [-0.39, 0.29) is 33.8 Å². The van der Waals surface area contributed by atoms with Crippen molar-refractivity contribution in [1.29, 1.82) is 0 Å². The molecule has 3 aromatic carbocycles. The fourth-order valence-electron chi connectivity index (χ4n) is 6.77. The topological polar surface area (TPSA) is 84.5 Å². The van der Waals surface area contributed by atoms with Crippen LogP contribution in [0.25, 0.3) is 10.8 Å². The minimum absolute atomic E-state index is 0.0838. The molecule has 0 atom stereocenters. The van der Waals surface area contributed by atoms with E-state index in [4.69, 9.17) is 9.31 Å². The Morgan fingerprint density at radius 1 is 1.00 bits per heavy atom. The Kier molecular flexibility index (Phi) is 6.42. The Bertz CT molecular complexity index is 1780. The molecule has 2 aliphatic heterocycles. The monoisotopic (exact) mass is 579 g/mol. The number of hydrogen-bond donors (Lipinski definition) is 1. The summed E-state index contributed by atoms with van der Waals surface area (Å²) < 4.78 is 27.4. The van der Waals surface area contributed by atoms with Crippen LogP contribution >= 0.6 is 0 Å². The maximum absolute atomic E-state index is 15.0. The molecule has 2 saturated heterocycles. The smallest absolute Gasteiger partial charge is 0.399 e. The maximum atomic E-state index is 15.0. The number of amides is 1. The van der Waals surface area contributed by atoms with Crippen molar-refractivity contribution in [2.24, 2.45) is 0 Å². The molecule has 9 heteroatoms. The lowest BCUT2D eigenvalue weighted by atomic mass is 9.59. The van der Waals surface area contributed by atoms with Crippen LogP contribution in [-0.2, 0) is 15.7 Å². The zero-order chi connectivity index (χ0) is 30.1. The Labute approximate surface area is 250 Å². The van der Waals surface area contributed by atoms with E-state index in [2.05, 4.69) is 34.5 Å². The summed E-state index contributed by atoms with van der Waals surface area (Å²) in [5.41, 5.74) is 2.51. The molecule has 3 aliphatic rings. The van der Waals surface area contributed by atoms with Gasteiger partial charge in [-0.2, -0.15) is 5.10 Å². The number of carbonyl (C=O) groups excluding carboxylic acids is 1. The molecule has 43 heavy (non-hydrogen) atoms. The highest BCUT2D eigenvalue weighted by atomic mass is 19.1. The summed E-state index contributed by atoms with van der Waals surface area (Å²) in [6.07, 6.45) is 3.02. The summed E-state index contributed by atoms with van der Waals surface area (Å²) in [6.45, 7) is 8.83. The molecule has 3 fully saturated rings. The van der Waals surface area contributed by atoms with Crippen molar-refractivity contribution < 1.29 is 18.5 Å². The highest BCUT2D eigenvalue weighted by molar-refractivity contribution is 6.62. The Balaban J connectivity index is 1.04. The summed E-state index contributed by atoms with van der Waals surface area (Å²) in [5, 5.41) is 8.09. The van der Waals surface area contributed by atoms with Gasteiger partial charge in [0.1, 0.15) is 5.82 Å². The molecule has 0 bridgehead atoms. The zero-order valence-electron chi connectivity index (χ0n) is 24.9. The highest BCUT2D eigenvalue weighted by Gasteiger charge is 2.56. The number of fused-ring (bicyclic) bond motifs is 1. The fraction of sp³-hybridized carbons (Fsp3) is 0.382. The number of H-pyrrole nitrogens is 1. The van der Waals surface area contributed by atoms with Crippen LogP contribution in [0.15, 0.2) is 71.5 Å². The summed E-state index contributed by atoms with van der Waals surface area (Å²) >= 11 is 0. The average molecular weight is 579 g/mol. The van der Waals surface area contributed by atoms with Crippen LogP contribution in [0, 0.1) is 5.82 Å². The number of carbonyl (C=O) groups is 1. The van der Waals surface area contributed by atoms with Gasteiger partial charge in [-0.05, 0) is 87.7 Å². The van der Waals surface area contributed by atoms with Crippen LogP contribution in [0.3, 0.4) is 0 Å². The van der Waals surface area contributed by atoms with Crippen molar-refractivity contribution in [3.05, 3.63) is 105 Å². The lowest BCUT2D eigenvalue weighted by Crippen LogP contribution is -2.67. The summed E-state index contributed by atoms with van der Waals surface area (Å²) in [5.74, 6) is -0.442. The molecule has 3 heterocycles. The highest BCUT2D eigenvalue weighted by Crippen LogP contribution is 2.55. The van der Waals surface area contributed by atoms with Crippen molar-refractivity contribution in [2.45, 2.75) is 76.0 Å². The molecule has 1 N–H and O–H groups in total. The van der Waals surface area contributed by atoms with Crippen LogP contribution in [0.4, 0.5) is 4.39 Å². The number of rotatable bonds is 5. The number of nitrogens with one attached hydrogen (secondary N) is 1. The van der Waals surface area contributed by atoms with Gasteiger partial charge in [-0.3, -0.25) is 9.59 Å². The number of halogens is 1. The lowest BCUT2D eigenvalue weighted by molar-refractivity contribution is -0.0605. The first-order valence-electron chi connectivity index (χ1n) is 15.0. The molecular weight excluding hydrogens is 544 g/mol. The fourth-order valence-corrected chi connectivity index (χ4v) is 6.77. The van der Waals surface area contributed by atoms with Crippen LogP contribution in [0.2, 0.25) is 0 Å². The molecule has 7 nitrogen and oxygen atoms in total. The second-order valence-electron chi connectivity index (χ2n) is 13.3. The molecular formula is C34H35BFN3O4. The predicted octanol–water partition coefficient (Wildman–Crippen LogP) is 5.11. The summed E-state index contributed by atoms with van der Waals surface area (Å²) in [6, 6.07) is 20.4. The van der Waals surface area contributed by atoms with Gasteiger partial charge in [0, 0.05) is 23.9 Å². The van der Waals surface area contributed by atoms with E-state index >= 15 is 4.39 Å². The van der Waals surface area contributed by atoms with Crippen LogP contribution in [0.5, 0.6) is 0 Å². The number of aromatic nitrogens is 2. The van der Waals surface area contributed by atoms with Crippen LogP contribution in [0.1, 0.15) is 80.1 Å². The molecule has 4 aromatic rings. The Morgan fingerprint density at radius 3 is 2.33 bits per heavy atom. The van der Waals surface area contributed by atoms with Gasteiger partial charge in [0.05, 0.1) is 27.8 Å². The van der Waals surface area contributed by atoms with Gasteiger partial charge in [-0.25, -0.2) is 9.49 Å². The first-order chi connectivity index (χ1) is 20.5. The lowest BCUT2D eigenvalue weighted by Gasteiger charge is -2.61. The van der Waals surface area contributed by atoms with E-state index in [0.717, 1.165) is 35.7 Å². The van der Waals surface area contributed by atoms with E-state index in [1.54, 1.807) is 24.3 Å². The van der Waals surface area contributed by atoms with Gasteiger partial charge in [0.2, 0.25) is 0 Å². The van der Waals surface area contributed by atoms with Gasteiger partial charge < -0.3 is 14.2 Å². The van der Waals surface area contributed by atoms with Crippen molar-refractivity contribution >= 4 is 29.3 Å². The van der Waals surface area contributed by atoms with Crippen LogP contribution < -0.4 is 11.0 Å². The number of likely N-dealkylation sites (tertiary alicyclic amines) is 1. The number of nitrogens with zero attached hydrogens (tertiary/aromatic N) is 2. The third-order valence-electron chi connectivity index (χ3n) is 10.2. The van der Waals surface area contributed by atoms with E-state index < -0.39 is 12.9 Å². The average Bonchev–Trinajstić information content (AvgIpc) is 3.16. The van der Waals surface area contributed by atoms with Gasteiger partial charge in [-0.1, -0.05) is 48.5 Å². The molecule has 1 aromatic heterocycles. The standard InChI is InChI=1S/C34H35BFN3O4/c1-32(2)33(3,4)43-35(42-32)24-12-10-22(11-13-24)23-19-34(20-23)15-16-39(34)31(41)27-17-21(9-14-28(27)36)18-29-25-7-5-6-8-26(25)30(40)38-37-29/h5-14,17,23H,15-16,18-20H2,1-4H3,(H,38,40). The van der Waals surface area contributed by atoms with E-state index in [1.807, 2.05) is 44.7 Å². The number of aromatic amines is 1. The van der Waals surface area contributed by atoms with Gasteiger partial charge in [-0.15, -0.1) is 0 Å².